The van der Waals surface area contributed by atoms with Crippen LogP contribution < -0.4 is 5.32 Å². The molecule has 19 heavy (non-hydrogen) atoms. The van der Waals surface area contributed by atoms with E-state index in [1.807, 2.05) is 0 Å². The van der Waals surface area contributed by atoms with E-state index < -0.39 is 5.95 Å². The number of aromatic nitrogens is 1. The van der Waals surface area contributed by atoms with E-state index in [2.05, 4.69) is 17.2 Å². The van der Waals surface area contributed by atoms with Gasteiger partial charge in [-0.3, -0.25) is 4.79 Å². The first-order valence-corrected chi connectivity index (χ1v) is 7.08. The van der Waals surface area contributed by atoms with Crippen LogP contribution in [-0.4, -0.2) is 17.4 Å². The lowest BCUT2D eigenvalue weighted by molar-refractivity contribution is 0.0940. The Labute approximate surface area is 113 Å². The molecule has 1 aromatic rings. The van der Waals surface area contributed by atoms with E-state index in [1.165, 1.54) is 50.4 Å². The van der Waals surface area contributed by atoms with Crippen molar-refractivity contribution in [2.75, 3.05) is 6.54 Å². The van der Waals surface area contributed by atoms with Gasteiger partial charge in [0.05, 0.1) is 0 Å². The number of nitrogens with one attached hydrogen (secondary N) is 1. The second-order valence-corrected chi connectivity index (χ2v) is 5.37. The maximum absolute atomic E-state index is 12.9. The van der Waals surface area contributed by atoms with Gasteiger partial charge < -0.3 is 5.32 Å². The van der Waals surface area contributed by atoms with E-state index in [-0.39, 0.29) is 5.91 Å². The molecule has 1 N–H and O–H groups in total. The lowest BCUT2D eigenvalue weighted by atomic mass is 9.81. The molecule has 1 amide bonds. The first kappa shape index (κ1) is 14.0. The van der Waals surface area contributed by atoms with Crippen molar-refractivity contribution in [1.82, 2.24) is 10.3 Å². The Morgan fingerprint density at radius 3 is 2.68 bits per heavy atom. The summed E-state index contributed by atoms with van der Waals surface area (Å²) < 4.78 is 12.9. The number of nitrogens with zero attached hydrogens (tertiary/aromatic N) is 1. The number of hydrogen-bond donors (Lipinski definition) is 1. The van der Waals surface area contributed by atoms with Crippen LogP contribution in [0.2, 0.25) is 0 Å². The van der Waals surface area contributed by atoms with Gasteiger partial charge >= 0.3 is 0 Å². The normalized spacial score (nSPS) is 23.1. The van der Waals surface area contributed by atoms with Crippen molar-refractivity contribution in [2.45, 2.75) is 39.0 Å². The van der Waals surface area contributed by atoms with Gasteiger partial charge in [0, 0.05) is 24.4 Å². The van der Waals surface area contributed by atoms with E-state index in [9.17, 15) is 9.18 Å². The molecule has 104 valence electrons. The summed E-state index contributed by atoms with van der Waals surface area (Å²) in [4.78, 5) is 15.3. The smallest absolute Gasteiger partial charge is 0.251 e. The molecule has 4 heteroatoms. The summed E-state index contributed by atoms with van der Waals surface area (Å²) in [5.74, 6) is 0.606. The van der Waals surface area contributed by atoms with Crippen LogP contribution >= 0.6 is 0 Å². The quantitative estimate of drug-likeness (QED) is 0.849. The summed E-state index contributed by atoms with van der Waals surface area (Å²) in [7, 11) is 0. The summed E-state index contributed by atoms with van der Waals surface area (Å²) in [6.07, 6.45) is 7.47. The molecule has 0 radical (unpaired) electrons. The Balaban J connectivity index is 1.78. The average molecular weight is 264 g/mol. The minimum Gasteiger partial charge on any atom is -0.352 e. The Morgan fingerprint density at radius 1 is 1.37 bits per heavy atom. The fourth-order valence-corrected chi connectivity index (χ4v) is 2.73. The molecule has 2 rings (SSSR count). The van der Waals surface area contributed by atoms with Crippen molar-refractivity contribution in [3.8, 4) is 0 Å². The molecule has 0 aliphatic heterocycles. The van der Waals surface area contributed by atoms with Crippen molar-refractivity contribution in [3.63, 3.8) is 0 Å². The van der Waals surface area contributed by atoms with Crippen molar-refractivity contribution >= 4 is 5.91 Å². The first-order chi connectivity index (χ1) is 9.19. The molecule has 0 spiro atoms. The Bertz CT molecular complexity index is 428. The van der Waals surface area contributed by atoms with Gasteiger partial charge in [0.2, 0.25) is 5.95 Å². The van der Waals surface area contributed by atoms with Gasteiger partial charge in [-0.1, -0.05) is 26.2 Å². The van der Waals surface area contributed by atoms with E-state index in [1.54, 1.807) is 0 Å². The predicted octanol–water partition coefficient (Wildman–Crippen LogP) is 3.17. The predicted molar refractivity (Wildman–Crippen MR) is 72.3 cm³/mol. The molecular formula is C15H21FN2O. The van der Waals surface area contributed by atoms with Gasteiger partial charge in [-0.15, -0.1) is 0 Å². The highest BCUT2D eigenvalue weighted by Crippen LogP contribution is 2.30. The van der Waals surface area contributed by atoms with Crippen molar-refractivity contribution in [2.24, 2.45) is 11.8 Å². The minimum atomic E-state index is -0.615. The molecule has 0 saturated heterocycles. The highest BCUT2D eigenvalue weighted by atomic mass is 19.1. The number of carbonyl (C=O) groups excluding carboxylic acids is 1. The number of halogens is 1. The third-order valence-electron chi connectivity index (χ3n) is 4.08. The molecule has 1 aliphatic rings. The zero-order chi connectivity index (χ0) is 13.7. The monoisotopic (exact) mass is 264 g/mol. The Kier molecular flexibility index (Phi) is 4.88. The fraction of sp³-hybridized carbons (Fsp3) is 0.600. The number of carbonyl (C=O) groups is 1. The highest BCUT2D eigenvalue weighted by Gasteiger charge is 2.20. The number of pyridine rings is 1. The number of hydrogen-bond acceptors (Lipinski definition) is 2. The van der Waals surface area contributed by atoms with Crippen LogP contribution in [0, 0.1) is 17.8 Å². The number of amides is 1. The van der Waals surface area contributed by atoms with Crippen LogP contribution in [0.1, 0.15) is 49.4 Å². The van der Waals surface area contributed by atoms with E-state index in [0.29, 0.717) is 18.0 Å². The van der Waals surface area contributed by atoms with Crippen molar-refractivity contribution < 1.29 is 9.18 Å². The van der Waals surface area contributed by atoms with Gasteiger partial charge in [0.25, 0.3) is 5.91 Å². The zero-order valence-corrected chi connectivity index (χ0v) is 11.4. The molecule has 0 atom stereocenters. The van der Waals surface area contributed by atoms with Crippen molar-refractivity contribution in [1.29, 1.82) is 0 Å². The van der Waals surface area contributed by atoms with Gasteiger partial charge in [0.15, 0.2) is 0 Å². The largest absolute Gasteiger partial charge is 0.352 e. The first-order valence-electron chi connectivity index (χ1n) is 7.08. The molecule has 0 bridgehead atoms. The molecule has 1 saturated carbocycles. The Hall–Kier alpha value is -1.45. The SMILES string of the molecule is CCC1CCC(CNC(=O)c2ccnc(F)c2)CC1. The lowest BCUT2D eigenvalue weighted by Gasteiger charge is -2.27. The fourth-order valence-electron chi connectivity index (χ4n) is 2.73. The second kappa shape index (κ2) is 6.64. The standard InChI is InChI=1S/C15H21FN2O/c1-2-11-3-5-12(6-4-11)10-18-15(19)13-7-8-17-14(16)9-13/h7-9,11-12H,2-6,10H2,1H3,(H,18,19). The van der Waals surface area contributed by atoms with E-state index in [0.717, 1.165) is 5.92 Å². The summed E-state index contributed by atoms with van der Waals surface area (Å²) in [5.41, 5.74) is 0.342. The Morgan fingerprint density at radius 2 is 2.05 bits per heavy atom. The number of rotatable bonds is 4. The summed E-state index contributed by atoms with van der Waals surface area (Å²) in [6.45, 7) is 2.93. The molecule has 1 aliphatic carbocycles. The topological polar surface area (TPSA) is 42.0 Å². The maximum Gasteiger partial charge on any atom is 0.251 e. The van der Waals surface area contributed by atoms with Gasteiger partial charge in [-0.05, 0) is 30.7 Å². The zero-order valence-electron chi connectivity index (χ0n) is 11.4. The molecule has 3 nitrogen and oxygen atoms in total. The molecule has 0 unspecified atom stereocenters. The summed E-state index contributed by atoms with van der Waals surface area (Å²) in [5, 5.41) is 2.90. The van der Waals surface area contributed by atoms with Crippen LogP contribution in [0.25, 0.3) is 0 Å². The summed E-state index contributed by atoms with van der Waals surface area (Å²) >= 11 is 0. The van der Waals surface area contributed by atoms with Gasteiger partial charge in [-0.2, -0.15) is 4.39 Å². The second-order valence-electron chi connectivity index (χ2n) is 5.37. The van der Waals surface area contributed by atoms with E-state index >= 15 is 0 Å². The van der Waals surface area contributed by atoms with Crippen LogP contribution in [-0.2, 0) is 0 Å². The van der Waals surface area contributed by atoms with Gasteiger partial charge in [-0.25, -0.2) is 4.98 Å². The van der Waals surface area contributed by atoms with E-state index in [4.69, 9.17) is 0 Å². The average Bonchev–Trinajstić information content (AvgIpc) is 2.45. The molecule has 0 aromatic carbocycles. The molecular weight excluding hydrogens is 243 g/mol. The van der Waals surface area contributed by atoms with Crippen LogP contribution in [0.4, 0.5) is 4.39 Å². The molecule has 1 fully saturated rings. The minimum absolute atomic E-state index is 0.209. The van der Waals surface area contributed by atoms with Gasteiger partial charge in [0.1, 0.15) is 0 Å². The third-order valence-corrected chi connectivity index (χ3v) is 4.08. The maximum atomic E-state index is 12.9. The molecule has 1 aromatic heterocycles. The lowest BCUT2D eigenvalue weighted by Crippen LogP contribution is -2.31. The molecule has 1 heterocycles. The third kappa shape index (κ3) is 4.01. The van der Waals surface area contributed by atoms with Crippen LogP contribution in [0.3, 0.4) is 0 Å². The summed E-state index contributed by atoms with van der Waals surface area (Å²) in [6, 6.07) is 2.70. The highest BCUT2D eigenvalue weighted by molar-refractivity contribution is 5.93. The van der Waals surface area contributed by atoms with Crippen LogP contribution in [0.5, 0.6) is 0 Å². The van der Waals surface area contributed by atoms with Crippen molar-refractivity contribution in [3.05, 3.63) is 29.8 Å². The van der Waals surface area contributed by atoms with Crippen LogP contribution in [0.15, 0.2) is 18.3 Å².